The van der Waals surface area contributed by atoms with Crippen molar-refractivity contribution in [2.75, 3.05) is 38.1 Å². The quantitative estimate of drug-likeness (QED) is 0.615. The highest BCUT2D eigenvalue weighted by molar-refractivity contribution is 7.19. The molecule has 2 aromatic heterocycles. The van der Waals surface area contributed by atoms with Crippen LogP contribution in [0.25, 0.3) is 15.9 Å². The SMILES string of the molecule is CN1CCCN(c2ccc(-n3cnc4cc(C#CC5CC5)sc4c3=O)cc2)CC1. The Bertz CT molecular complexity index is 1150. The Morgan fingerprint density at radius 3 is 2.66 bits per heavy atom. The summed E-state index contributed by atoms with van der Waals surface area (Å²) in [7, 11) is 2.18. The molecule has 29 heavy (non-hydrogen) atoms. The Balaban J connectivity index is 1.42. The molecule has 0 amide bonds. The summed E-state index contributed by atoms with van der Waals surface area (Å²) in [6.45, 7) is 4.32. The summed E-state index contributed by atoms with van der Waals surface area (Å²) >= 11 is 1.45. The van der Waals surface area contributed by atoms with E-state index in [1.54, 1.807) is 10.9 Å². The van der Waals surface area contributed by atoms with Gasteiger partial charge in [0.2, 0.25) is 0 Å². The molecule has 0 spiro atoms. The second-order valence-corrected chi connectivity index (χ2v) is 9.00. The summed E-state index contributed by atoms with van der Waals surface area (Å²) in [5.41, 5.74) is 2.77. The number of anilines is 1. The lowest BCUT2D eigenvalue weighted by Crippen LogP contribution is -2.28. The summed E-state index contributed by atoms with van der Waals surface area (Å²) in [6, 6.07) is 10.2. The zero-order chi connectivity index (χ0) is 19.8. The highest BCUT2D eigenvalue weighted by Crippen LogP contribution is 2.28. The maximum Gasteiger partial charge on any atom is 0.275 e. The molecular weight excluding hydrogens is 380 g/mol. The number of benzene rings is 1. The standard InChI is InChI=1S/C23H24N4OS/c1-25-11-2-12-26(14-13-25)18-6-8-19(9-7-18)27-16-24-21-15-20(10-5-17-3-4-17)29-22(21)23(27)28/h6-9,15-17H,2-4,11-14H2,1H3. The van der Waals surface area contributed by atoms with Gasteiger partial charge in [0.05, 0.1) is 16.1 Å². The predicted molar refractivity (Wildman–Crippen MR) is 119 cm³/mol. The zero-order valence-electron chi connectivity index (χ0n) is 16.6. The van der Waals surface area contributed by atoms with E-state index < -0.39 is 0 Å². The first-order valence-corrected chi connectivity index (χ1v) is 11.1. The normalized spacial score (nSPS) is 17.8. The van der Waals surface area contributed by atoms with Crippen molar-refractivity contribution in [1.29, 1.82) is 0 Å². The number of aromatic nitrogens is 2. The summed E-state index contributed by atoms with van der Waals surface area (Å²) in [4.78, 5) is 23.3. The molecule has 6 heteroatoms. The molecule has 0 bridgehead atoms. The number of nitrogens with zero attached hydrogens (tertiary/aromatic N) is 4. The molecule has 0 N–H and O–H groups in total. The molecule has 2 aliphatic rings. The summed E-state index contributed by atoms with van der Waals surface area (Å²) in [5, 5.41) is 0. The molecule has 5 rings (SSSR count). The number of rotatable bonds is 2. The molecule has 1 saturated carbocycles. The molecule has 1 aromatic carbocycles. The fourth-order valence-corrected chi connectivity index (χ4v) is 4.59. The molecule has 1 aliphatic carbocycles. The van der Waals surface area contributed by atoms with E-state index in [9.17, 15) is 4.79 Å². The van der Waals surface area contributed by atoms with Crippen LogP contribution in [0.1, 0.15) is 24.1 Å². The van der Waals surface area contributed by atoms with E-state index in [1.165, 1.54) is 36.3 Å². The minimum absolute atomic E-state index is 0.0244. The predicted octanol–water partition coefficient (Wildman–Crippen LogP) is 3.35. The maximum atomic E-state index is 13.0. The number of likely N-dealkylation sites (N-methyl/N-ethyl adjacent to an activating group) is 1. The van der Waals surface area contributed by atoms with Gasteiger partial charge in [0.15, 0.2) is 0 Å². The highest BCUT2D eigenvalue weighted by atomic mass is 32.1. The van der Waals surface area contributed by atoms with Gasteiger partial charge < -0.3 is 9.80 Å². The van der Waals surface area contributed by atoms with Crippen LogP contribution in [0.5, 0.6) is 0 Å². The van der Waals surface area contributed by atoms with Crippen molar-refractivity contribution in [3.8, 4) is 17.5 Å². The van der Waals surface area contributed by atoms with Crippen LogP contribution in [0.2, 0.25) is 0 Å². The smallest absolute Gasteiger partial charge is 0.275 e. The van der Waals surface area contributed by atoms with Gasteiger partial charge in [-0.25, -0.2) is 4.98 Å². The number of fused-ring (bicyclic) bond motifs is 1. The number of thiophene rings is 1. The van der Waals surface area contributed by atoms with Crippen molar-refractivity contribution >= 4 is 27.2 Å². The molecule has 2 fully saturated rings. The monoisotopic (exact) mass is 404 g/mol. The second-order valence-electron chi connectivity index (χ2n) is 7.95. The van der Waals surface area contributed by atoms with Gasteiger partial charge in [-0.1, -0.05) is 11.8 Å². The van der Waals surface area contributed by atoms with Crippen molar-refractivity contribution in [2.24, 2.45) is 5.92 Å². The fraction of sp³-hybridized carbons (Fsp3) is 0.391. The van der Waals surface area contributed by atoms with Gasteiger partial charge in [-0.15, -0.1) is 11.3 Å². The van der Waals surface area contributed by atoms with Crippen LogP contribution >= 0.6 is 11.3 Å². The molecule has 1 aliphatic heterocycles. The minimum atomic E-state index is -0.0244. The van der Waals surface area contributed by atoms with Gasteiger partial charge in [-0.2, -0.15) is 0 Å². The topological polar surface area (TPSA) is 41.4 Å². The maximum absolute atomic E-state index is 13.0. The molecule has 3 aromatic rings. The summed E-state index contributed by atoms with van der Waals surface area (Å²) in [6.07, 6.45) is 5.20. The fourth-order valence-electron chi connectivity index (χ4n) is 3.69. The van der Waals surface area contributed by atoms with Gasteiger partial charge >= 0.3 is 0 Å². The third kappa shape index (κ3) is 3.93. The summed E-state index contributed by atoms with van der Waals surface area (Å²) in [5.74, 6) is 7.02. The first-order valence-electron chi connectivity index (χ1n) is 10.2. The molecule has 5 nitrogen and oxygen atoms in total. The zero-order valence-corrected chi connectivity index (χ0v) is 17.4. The minimum Gasteiger partial charge on any atom is -0.370 e. The molecule has 0 atom stereocenters. The van der Waals surface area contributed by atoms with Gasteiger partial charge in [0, 0.05) is 31.2 Å². The molecular formula is C23H24N4OS. The van der Waals surface area contributed by atoms with E-state index >= 15 is 0 Å². The van der Waals surface area contributed by atoms with Crippen LogP contribution in [-0.2, 0) is 0 Å². The van der Waals surface area contributed by atoms with Crippen molar-refractivity contribution in [1.82, 2.24) is 14.5 Å². The van der Waals surface area contributed by atoms with Crippen LogP contribution in [0.4, 0.5) is 5.69 Å². The van der Waals surface area contributed by atoms with Crippen molar-refractivity contribution in [2.45, 2.75) is 19.3 Å². The Hall–Kier alpha value is -2.62. The highest BCUT2D eigenvalue weighted by Gasteiger charge is 2.18. The van der Waals surface area contributed by atoms with Crippen molar-refractivity contribution in [3.05, 3.63) is 51.9 Å². The average Bonchev–Trinajstić information content (AvgIpc) is 3.50. The Labute approximate surface area is 174 Å². The lowest BCUT2D eigenvalue weighted by molar-refractivity contribution is 0.360. The van der Waals surface area contributed by atoms with Gasteiger partial charge in [-0.3, -0.25) is 9.36 Å². The lowest BCUT2D eigenvalue weighted by Gasteiger charge is -2.23. The third-order valence-electron chi connectivity index (χ3n) is 5.63. The van der Waals surface area contributed by atoms with E-state index in [0.29, 0.717) is 10.6 Å². The Kier molecular flexibility index (Phi) is 4.86. The molecule has 0 radical (unpaired) electrons. The van der Waals surface area contributed by atoms with Crippen LogP contribution in [0, 0.1) is 17.8 Å². The largest absolute Gasteiger partial charge is 0.370 e. The van der Waals surface area contributed by atoms with E-state index in [0.717, 1.165) is 42.3 Å². The Morgan fingerprint density at radius 1 is 1.07 bits per heavy atom. The second kappa shape index (κ2) is 7.66. The van der Waals surface area contributed by atoms with E-state index in [1.807, 2.05) is 18.2 Å². The van der Waals surface area contributed by atoms with Crippen LogP contribution < -0.4 is 10.5 Å². The van der Waals surface area contributed by atoms with Gasteiger partial charge in [-0.05, 0) is 63.2 Å². The van der Waals surface area contributed by atoms with Gasteiger partial charge in [0.25, 0.3) is 5.56 Å². The van der Waals surface area contributed by atoms with Crippen molar-refractivity contribution in [3.63, 3.8) is 0 Å². The van der Waals surface area contributed by atoms with E-state index in [4.69, 9.17) is 0 Å². The third-order valence-corrected chi connectivity index (χ3v) is 6.65. The average molecular weight is 405 g/mol. The van der Waals surface area contributed by atoms with E-state index in [2.05, 4.69) is 45.8 Å². The molecule has 0 unspecified atom stereocenters. The van der Waals surface area contributed by atoms with Crippen LogP contribution in [0.15, 0.2) is 41.5 Å². The van der Waals surface area contributed by atoms with Crippen LogP contribution in [0.3, 0.4) is 0 Å². The first-order chi connectivity index (χ1) is 14.2. The number of hydrogen-bond acceptors (Lipinski definition) is 5. The van der Waals surface area contributed by atoms with Crippen LogP contribution in [-0.4, -0.2) is 47.7 Å². The molecule has 3 heterocycles. The van der Waals surface area contributed by atoms with Gasteiger partial charge in [0.1, 0.15) is 11.0 Å². The number of hydrogen-bond donors (Lipinski definition) is 0. The van der Waals surface area contributed by atoms with E-state index in [-0.39, 0.29) is 5.56 Å². The first kappa shape index (κ1) is 18.4. The molecule has 148 valence electrons. The molecule has 1 saturated heterocycles. The lowest BCUT2D eigenvalue weighted by atomic mass is 10.2. The summed E-state index contributed by atoms with van der Waals surface area (Å²) < 4.78 is 2.31. The van der Waals surface area contributed by atoms with Crippen molar-refractivity contribution < 1.29 is 0 Å². The Morgan fingerprint density at radius 2 is 1.86 bits per heavy atom.